The number of ether oxygens (including phenoxy) is 1. The van der Waals surface area contributed by atoms with E-state index < -0.39 is 23.9 Å². The van der Waals surface area contributed by atoms with Crippen molar-refractivity contribution >= 4 is 18.0 Å². The molecule has 7 heteroatoms. The van der Waals surface area contributed by atoms with Crippen LogP contribution in [0.4, 0.5) is 4.79 Å². The Morgan fingerprint density at radius 2 is 2.00 bits per heavy atom. The normalized spacial score (nSPS) is 26.9. The molecule has 0 radical (unpaired) electrons. The van der Waals surface area contributed by atoms with Gasteiger partial charge in [-0.05, 0) is 6.42 Å². The summed E-state index contributed by atoms with van der Waals surface area (Å²) < 4.78 is 4.53. The van der Waals surface area contributed by atoms with E-state index in [2.05, 4.69) is 4.74 Å². The molecule has 0 aliphatic carbocycles. The molecule has 0 bridgehead atoms. The molecule has 0 saturated carbocycles. The highest BCUT2D eigenvalue weighted by atomic mass is 16.5. The molecule has 0 spiro atoms. The smallest absolute Gasteiger partial charge is 0.330 e. The number of methoxy groups -OCH3 is 1. The quantitative estimate of drug-likeness (QED) is 0.514. The Morgan fingerprint density at radius 1 is 1.29 bits per heavy atom. The Labute approximate surface area is 97.9 Å². The molecule has 2 amide bonds. The fourth-order valence-corrected chi connectivity index (χ4v) is 2.01. The molecule has 2 aliphatic rings. The average Bonchev–Trinajstić information content (AvgIpc) is 2.95. The molecular weight excluding hydrogens is 228 g/mol. The number of hydrogen-bond acceptors (Lipinski definition) is 4. The molecule has 2 saturated heterocycles. The first-order valence-corrected chi connectivity index (χ1v) is 5.40. The molecule has 0 unspecified atom stereocenters. The Hall–Kier alpha value is -1.79. The first kappa shape index (κ1) is 11.7. The van der Waals surface area contributed by atoms with Crippen molar-refractivity contribution in [1.29, 1.82) is 0 Å². The van der Waals surface area contributed by atoms with E-state index in [4.69, 9.17) is 5.11 Å². The third-order valence-corrected chi connectivity index (χ3v) is 3.14. The number of amides is 2. The fourth-order valence-electron chi connectivity index (χ4n) is 2.01. The zero-order valence-electron chi connectivity index (χ0n) is 9.46. The van der Waals surface area contributed by atoms with Crippen LogP contribution in [0.5, 0.6) is 0 Å². The van der Waals surface area contributed by atoms with Gasteiger partial charge in [-0.25, -0.2) is 9.59 Å². The lowest BCUT2D eigenvalue weighted by atomic mass is 10.1. The van der Waals surface area contributed by atoms with E-state index in [0.717, 1.165) is 0 Å². The Morgan fingerprint density at radius 3 is 2.53 bits per heavy atom. The second-order valence-electron chi connectivity index (χ2n) is 4.24. The van der Waals surface area contributed by atoms with Gasteiger partial charge >= 0.3 is 18.0 Å². The van der Waals surface area contributed by atoms with Crippen molar-refractivity contribution < 1.29 is 24.2 Å². The SMILES string of the molecule is COC(=O)[C@H]1CN1C(=O)N1CC[C@H](C(=O)O)C1. The van der Waals surface area contributed by atoms with Crippen LogP contribution >= 0.6 is 0 Å². The van der Waals surface area contributed by atoms with Crippen LogP contribution in [0.2, 0.25) is 0 Å². The van der Waals surface area contributed by atoms with Crippen LogP contribution in [0.25, 0.3) is 0 Å². The molecule has 1 N–H and O–H groups in total. The van der Waals surface area contributed by atoms with Crippen LogP contribution < -0.4 is 0 Å². The first-order valence-electron chi connectivity index (χ1n) is 5.40. The summed E-state index contributed by atoms with van der Waals surface area (Å²) in [6.45, 7) is 1.01. The van der Waals surface area contributed by atoms with Gasteiger partial charge in [0.25, 0.3) is 0 Å². The summed E-state index contributed by atoms with van der Waals surface area (Å²) in [6, 6.07) is -0.763. The van der Waals surface area contributed by atoms with Crippen molar-refractivity contribution in [1.82, 2.24) is 9.80 Å². The van der Waals surface area contributed by atoms with Crippen molar-refractivity contribution in [3.63, 3.8) is 0 Å². The summed E-state index contributed by atoms with van der Waals surface area (Å²) in [7, 11) is 1.28. The molecule has 2 heterocycles. The summed E-state index contributed by atoms with van der Waals surface area (Å²) in [5.74, 6) is -1.79. The monoisotopic (exact) mass is 242 g/mol. The summed E-state index contributed by atoms with van der Waals surface area (Å²) in [5, 5.41) is 8.82. The highest BCUT2D eigenvalue weighted by Crippen LogP contribution is 2.25. The van der Waals surface area contributed by atoms with E-state index in [1.165, 1.54) is 16.9 Å². The number of carboxylic acid groups (broad SMARTS) is 1. The predicted octanol–water partition coefficient (Wildman–Crippen LogP) is -0.630. The molecule has 17 heavy (non-hydrogen) atoms. The van der Waals surface area contributed by atoms with E-state index in [1.54, 1.807) is 0 Å². The molecule has 2 rings (SSSR count). The Bertz CT molecular complexity index is 370. The third-order valence-electron chi connectivity index (χ3n) is 3.14. The zero-order valence-corrected chi connectivity index (χ0v) is 9.46. The van der Waals surface area contributed by atoms with Gasteiger partial charge < -0.3 is 19.6 Å². The topological polar surface area (TPSA) is 86.9 Å². The number of urea groups is 1. The van der Waals surface area contributed by atoms with Gasteiger partial charge in [-0.15, -0.1) is 0 Å². The maximum absolute atomic E-state index is 11.9. The van der Waals surface area contributed by atoms with Crippen LogP contribution in [-0.2, 0) is 14.3 Å². The van der Waals surface area contributed by atoms with E-state index in [9.17, 15) is 14.4 Å². The van der Waals surface area contributed by atoms with Crippen LogP contribution in [0, 0.1) is 5.92 Å². The van der Waals surface area contributed by atoms with Gasteiger partial charge in [0.15, 0.2) is 0 Å². The van der Waals surface area contributed by atoms with Crippen molar-refractivity contribution in [2.75, 3.05) is 26.7 Å². The number of likely N-dealkylation sites (tertiary alicyclic amines) is 1. The lowest BCUT2D eigenvalue weighted by molar-refractivity contribution is -0.142. The van der Waals surface area contributed by atoms with Crippen molar-refractivity contribution in [2.45, 2.75) is 12.5 Å². The first-order chi connectivity index (χ1) is 8.04. The number of carbonyl (C=O) groups excluding carboxylic acids is 2. The second kappa shape index (κ2) is 4.23. The van der Waals surface area contributed by atoms with Crippen LogP contribution in [0.3, 0.4) is 0 Å². The van der Waals surface area contributed by atoms with Crippen molar-refractivity contribution in [3.05, 3.63) is 0 Å². The van der Waals surface area contributed by atoms with E-state index in [0.29, 0.717) is 19.5 Å². The third kappa shape index (κ3) is 2.17. The summed E-state index contributed by atoms with van der Waals surface area (Å²) in [5.41, 5.74) is 0. The van der Waals surface area contributed by atoms with Gasteiger partial charge in [-0.2, -0.15) is 0 Å². The van der Waals surface area contributed by atoms with E-state index in [-0.39, 0.29) is 12.6 Å². The lowest BCUT2D eigenvalue weighted by Crippen LogP contribution is -2.35. The van der Waals surface area contributed by atoms with Gasteiger partial charge in [0, 0.05) is 13.1 Å². The van der Waals surface area contributed by atoms with Gasteiger partial charge in [0.05, 0.1) is 19.6 Å². The van der Waals surface area contributed by atoms with Crippen LogP contribution in [0.1, 0.15) is 6.42 Å². The summed E-state index contributed by atoms with van der Waals surface area (Å²) in [6.07, 6.45) is 0.470. The van der Waals surface area contributed by atoms with Crippen LogP contribution in [0.15, 0.2) is 0 Å². The highest BCUT2D eigenvalue weighted by molar-refractivity contribution is 5.89. The molecule has 0 aromatic carbocycles. The molecular formula is C10H14N2O5. The number of hydrogen-bond donors (Lipinski definition) is 1. The van der Waals surface area contributed by atoms with Gasteiger partial charge in [-0.1, -0.05) is 0 Å². The van der Waals surface area contributed by atoms with Crippen LogP contribution in [-0.4, -0.2) is 65.7 Å². The largest absolute Gasteiger partial charge is 0.481 e. The molecule has 0 aromatic rings. The lowest BCUT2D eigenvalue weighted by Gasteiger charge is -2.16. The van der Waals surface area contributed by atoms with E-state index in [1.807, 2.05) is 0 Å². The van der Waals surface area contributed by atoms with Crippen molar-refractivity contribution in [3.8, 4) is 0 Å². The molecule has 2 aliphatic heterocycles. The predicted molar refractivity (Wildman–Crippen MR) is 55.2 cm³/mol. The number of carboxylic acids is 1. The number of aliphatic carboxylic acids is 1. The second-order valence-corrected chi connectivity index (χ2v) is 4.24. The minimum Gasteiger partial charge on any atom is -0.481 e. The molecule has 0 aromatic heterocycles. The Balaban J connectivity index is 1.87. The summed E-state index contributed by atoms with van der Waals surface area (Å²) >= 11 is 0. The zero-order chi connectivity index (χ0) is 12.6. The van der Waals surface area contributed by atoms with Gasteiger partial charge in [-0.3, -0.25) is 4.79 Å². The molecule has 7 nitrogen and oxygen atoms in total. The molecule has 2 fully saturated rings. The molecule has 94 valence electrons. The maximum Gasteiger partial charge on any atom is 0.330 e. The minimum atomic E-state index is -0.879. The summed E-state index contributed by atoms with van der Waals surface area (Å²) in [4.78, 5) is 36.6. The highest BCUT2D eigenvalue weighted by Gasteiger charge is 2.48. The number of nitrogens with zero attached hydrogens (tertiary/aromatic N) is 2. The van der Waals surface area contributed by atoms with E-state index >= 15 is 0 Å². The minimum absolute atomic E-state index is 0.221. The number of carbonyl (C=O) groups is 3. The molecule has 2 atom stereocenters. The number of esters is 1. The number of rotatable bonds is 2. The Kier molecular flexibility index (Phi) is 2.91. The maximum atomic E-state index is 11.9. The van der Waals surface area contributed by atoms with Gasteiger partial charge in [0.2, 0.25) is 0 Å². The fraction of sp³-hybridized carbons (Fsp3) is 0.700. The van der Waals surface area contributed by atoms with Gasteiger partial charge in [0.1, 0.15) is 6.04 Å². The average molecular weight is 242 g/mol. The standard InChI is InChI=1S/C10H14N2O5/c1-17-9(15)7-5-12(7)10(16)11-3-2-6(4-11)8(13)14/h6-7H,2-5H2,1H3,(H,13,14)/t6-,7+,12?/m0/s1. The van der Waals surface area contributed by atoms with Crippen molar-refractivity contribution in [2.24, 2.45) is 5.92 Å².